The van der Waals surface area contributed by atoms with Crippen molar-refractivity contribution in [3.8, 4) is 75.2 Å². The molecule has 1 atom stereocenters. The number of amidine groups is 1. The van der Waals surface area contributed by atoms with Gasteiger partial charge in [-0.3, -0.25) is 29.9 Å². The number of rotatable bonds is 34. The largest absolute Gasteiger partial charge is 0.489 e. The highest BCUT2D eigenvalue weighted by Gasteiger charge is 2.27. The molecule has 144 heavy (non-hydrogen) atoms. The van der Waals surface area contributed by atoms with Crippen LogP contribution in [0.2, 0.25) is 40.2 Å². The fourth-order valence-electron chi connectivity index (χ4n) is 11.7. The molecule has 0 spiro atoms. The van der Waals surface area contributed by atoms with Gasteiger partial charge in [-0.25, -0.2) is 28.8 Å². The third-order valence-electron chi connectivity index (χ3n) is 17.7. The van der Waals surface area contributed by atoms with Crippen LogP contribution in [0.25, 0.3) is 22.8 Å². The van der Waals surface area contributed by atoms with Gasteiger partial charge < -0.3 is 79.1 Å². The minimum Gasteiger partial charge on any atom is -0.489 e. The summed E-state index contributed by atoms with van der Waals surface area (Å²) in [5.41, 5.74) is 11.4. The molecule has 1 unspecified atom stereocenters. The second-order valence-corrected chi connectivity index (χ2v) is 36.9. The minimum atomic E-state index is -0.936. The lowest BCUT2D eigenvalue weighted by Gasteiger charge is -2.20. The molecule has 2 aromatic heterocycles. The van der Waals surface area contributed by atoms with Crippen molar-refractivity contribution < 1.29 is 80.8 Å². The van der Waals surface area contributed by atoms with Crippen LogP contribution in [0.3, 0.4) is 0 Å². The van der Waals surface area contributed by atoms with Gasteiger partial charge in [-0.05, 0) is 285 Å². The van der Waals surface area contributed by atoms with E-state index in [9.17, 15) is 23.6 Å². The van der Waals surface area contributed by atoms with E-state index >= 15 is 0 Å². The zero-order valence-electron chi connectivity index (χ0n) is 84.6. The Morgan fingerprint density at radius 2 is 0.861 bits per heavy atom. The molecule has 11 rings (SSSR count). The normalized spacial score (nSPS) is 11.6. The first-order valence-corrected chi connectivity index (χ1v) is 49.0. The maximum Gasteiger partial charge on any atom is 0.407 e. The van der Waals surface area contributed by atoms with Crippen molar-refractivity contribution in [3.63, 3.8) is 0 Å². The number of nitrogens with one attached hydrogen (secondary N) is 5. The van der Waals surface area contributed by atoms with E-state index < -0.39 is 23.5 Å². The fraction of sp³-hybridized carbons (Fsp3) is 0.394. The van der Waals surface area contributed by atoms with Crippen LogP contribution in [-0.4, -0.2) is 175 Å². The van der Waals surface area contributed by atoms with E-state index in [1.54, 1.807) is 161 Å². The van der Waals surface area contributed by atoms with Gasteiger partial charge in [0, 0.05) is 46.5 Å². The second kappa shape index (κ2) is 63.0. The summed E-state index contributed by atoms with van der Waals surface area (Å²) in [7, 11) is 0. The lowest BCUT2D eigenvalue weighted by molar-refractivity contribution is -0.143. The van der Waals surface area contributed by atoms with Crippen LogP contribution in [0.4, 0.5) is 9.18 Å². The Kier molecular flexibility index (Phi) is 54.3. The van der Waals surface area contributed by atoms with Crippen LogP contribution in [0.5, 0.6) is 40.2 Å². The molecule has 31 nitrogen and oxygen atoms in total. The van der Waals surface area contributed by atoms with E-state index in [-0.39, 0.29) is 115 Å². The van der Waals surface area contributed by atoms with Crippen molar-refractivity contribution >= 4 is 146 Å². The number of benzene rings is 8. The first-order valence-electron chi connectivity index (χ1n) is 45.9. The molecule has 0 aliphatic carbocycles. The molecule has 0 bridgehead atoms. The average Bonchev–Trinajstić information content (AvgIpc) is 1.68. The number of ether oxygens (including phenoxy) is 11. The molecule has 1 aliphatic rings. The molecule has 1 amide bonds. The Hall–Kier alpha value is -12.3. The molecule has 0 saturated heterocycles. The van der Waals surface area contributed by atoms with Crippen molar-refractivity contribution in [1.29, 1.82) is 26.8 Å². The second-order valence-electron chi connectivity index (χ2n) is 33.6. The van der Waals surface area contributed by atoms with Gasteiger partial charge in [-0.15, -0.1) is 0 Å². The molecule has 8 N–H and O–H groups in total. The van der Waals surface area contributed by atoms with E-state index in [4.69, 9.17) is 183 Å². The molecule has 1 aliphatic heterocycles. The van der Waals surface area contributed by atoms with Gasteiger partial charge in [0.05, 0.1) is 162 Å². The van der Waals surface area contributed by atoms with Crippen LogP contribution >= 0.6 is 92.8 Å². The molecular weight excluding hydrogens is 2020 g/mol. The smallest absolute Gasteiger partial charge is 0.407 e. The van der Waals surface area contributed by atoms with Gasteiger partial charge in [0.2, 0.25) is 5.90 Å². The summed E-state index contributed by atoms with van der Waals surface area (Å²) in [6, 6.07) is 44.2. The molecule has 40 heteroatoms. The molecule has 8 aromatic carbocycles. The topological polar surface area (TPSA) is 444 Å². The quantitative estimate of drug-likeness (QED) is 0.00852. The number of aromatic nitrogens is 6. The summed E-state index contributed by atoms with van der Waals surface area (Å²) in [6.45, 7) is 43.6. The van der Waals surface area contributed by atoms with Gasteiger partial charge in [0.15, 0.2) is 17.5 Å². The number of aryl methyl sites for hydroxylation is 1. The minimum absolute atomic E-state index is 0.00326. The summed E-state index contributed by atoms with van der Waals surface area (Å²) in [5.74, 6) is 4.45. The van der Waals surface area contributed by atoms with Crippen molar-refractivity contribution in [2.45, 2.75) is 239 Å². The number of aromatic amines is 1. The van der Waals surface area contributed by atoms with Crippen LogP contribution < -0.4 is 44.2 Å². The van der Waals surface area contributed by atoms with Crippen LogP contribution in [0, 0.1) is 44.7 Å². The number of halogens is 9. The number of nitrogens with zero attached hydrogens (tertiary/aromatic N) is 9. The average molecular weight is 2140 g/mol. The molecule has 10 aromatic rings. The standard InChI is InChI=1S/C18H23ClN2O3.C16H23ClN2O3.2C15H18ClN3O3.C12H16ClNO2.C11H15ClN2O.C10H10ClNO.C7H3ClFN/c1-5-14-15(10-17(22)23-6-2)21-18(20-14)12-7-8-13(19)16(9-12)24-11(3)4;1-10(2)21-14-8-11(6-7-12(14)17)13(18)9-19-15(20)22-16(3,4)5;1-4-19-13(8-14(20)21)17-15(18-19)10-5-6-11(16)12(7-10)22-9(2)3;1-4-21-14(20)8-13-17-15(19-18-13)10-5-6-11(16)12(7-10)22-9(2)3;1-4-15-12(14)9-5-6-10(13)11(7-9)16-8(2)3;1-7(2)15-11-5-8(10(14)6-13)3-4-9(11)12;1-7(2)13-10-5-8(6-12)3-4-9(10)11;8-6-2-1-5(4-10)3-7(6)9/h7-9,11,14H,5-6,10H2,1-4H3;6-8,10,18H,9H2,1-5H3,(H,19,20);5-7,9H,4,8H2,1-3H3,(H,20,21);5-7,9H,4,8H2,1-3H3,(H,17,18,19);5-8,14H,4H2,1-3H3;3-5,7,14H,6,13H2,1-2H3;3-5,7H,1-2H3;1-3H. The number of nitriles is 2. The molecule has 0 saturated carbocycles. The number of hydrogen-bond donors (Lipinski definition) is 7. The lowest BCUT2D eigenvalue weighted by atomic mass is 10.1. The van der Waals surface area contributed by atoms with Crippen molar-refractivity contribution in [2.75, 3.05) is 32.9 Å². The maximum absolute atomic E-state index is 12.5. The van der Waals surface area contributed by atoms with Crippen molar-refractivity contribution in [3.05, 3.63) is 237 Å². The number of amides is 1. The summed E-state index contributed by atoms with van der Waals surface area (Å²) >= 11 is 47.6. The number of esters is 2. The summed E-state index contributed by atoms with van der Waals surface area (Å²) in [4.78, 5) is 63.4. The Labute approximate surface area is 881 Å². The SMILES string of the molecule is CC(C)Oc1cc(C#N)ccc1Cl.CC(C)Oc1cc(C(=N)CN)ccc1Cl.CC(C)Oc1cc(C(=N)CNC(=O)OC(C)(C)C)ccc1Cl.CCOC(=N)c1ccc(Cl)c(OC(C)C)c1.CCOC(=O)CC1=NC(c2ccc(Cl)c(OC(C)C)c2)=NC1CC.CCOC(=O)Cc1nc(-c2ccc(Cl)c(OC(C)C)c2)n[nH]1.CCn1nc(-c2ccc(Cl)c(OC(C)C)c2)nc1CC(=O)O.N#Cc1ccc(Cl)c(F)c1. The lowest BCUT2D eigenvalue weighted by Crippen LogP contribution is -2.35. The predicted molar refractivity (Wildman–Crippen MR) is 568 cm³/mol. The fourth-order valence-corrected chi connectivity index (χ4v) is 13.0. The number of carboxylic acid groups (broad SMARTS) is 1. The van der Waals surface area contributed by atoms with Gasteiger partial charge in [-0.2, -0.15) is 20.7 Å². The summed E-state index contributed by atoms with van der Waals surface area (Å²) < 4.78 is 73.2. The molecular formula is C104H126Cl8FN15O16. The van der Waals surface area contributed by atoms with E-state index in [0.717, 1.165) is 40.5 Å². The van der Waals surface area contributed by atoms with Crippen LogP contribution in [0.1, 0.15) is 210 Å². The van der Waals surface area contributed by atoms with Gasteiger partial charge >= 0.3 is 24.0 Å². The van der Waals surface area contributed by atoms with Gasteiger partial charge in [-0.1, -0.05) is 112 Å². The maximum atomic E-state index is 12.5. The monoisotopic (exact) mass is 2140 g/mol. The first-order chi connectivity index (χ1) is 67.9. The Bertz CT molecular complexity index is 6070. The zero-order valence-corrected chi connectivity index (χ0v) is 90.7. The molecule has 776 valence electrons. The Morgan fingerprint density at radius 3 is 1.26 bits per heavy atom. The summed E-state index contributed by atoms with van der Waals surface area (Å²) in [5, 5.41) is 66.6. The first kappa shape index (κ1) is 124. The van der Waals surface area contributed by atoms with Gasteiger partial charge in [0.1, 0.15) is 76.2 Å². The van der Waals surface area contributed by atoms with E-state index in [1.807, 2.05) is 136 Å². The number of H-pyrrole nitrogens is 1. The number of hydrogen-bond acceptors (Lipinski definition) is 27. The molecule has 0 fully saturated rings. The third-order valence-corrected chi connectivity index (χ3v) is 20.2. The zero-order chi connectivity index (χ0) is 108. The summed E-state index contributed by atoms with van der Waals surface area (Å²) in [6.07, 6.45) is 0.489. The van der Waals surface area contributed by atoms with E-state index in [0.29, 0.717) is 153 Å². The Morgan fingerprint density at radius 1 is 0.486 bits per heavy atom. The van der Waals surface area contributed by atoms with E-state index in [2.05, 4.69) is 40.6 Å². The number of alkyl carbamates (subject to hydrolysis) is 1. The van der Waals surface area contributed by atoms with Gasteiger partial charge in [0.25, 0.3) is 0 Å². The molecule has 3 heterocycles. The number of carbonyl (C=O) groups is 4. The van der Waals surface area contributed by atoms with Crippen molar-refractivity contribution in [1.82, 2.24) is 35.3 Å². The number of aliphatic carboxylic acids is 1. The van der Waals surface area contributed by atoms with Crippen LogP contribution in [0.15, 0.2) is 156 Å². The number of aliphatic imine (C=N–C) groups is 2. The highest BCUT2D eigenvalue weighted by atomic mass is 35.5. The predicted octanol–water partition coefficient (Wildman–Crippen LogP) is 25.4. The highest BCUT2D eigenvalue weighted by molar-refractivity contribution is 6.34. The highest BCUT2D eigenvalue weighted by Crippen LogP contribution is 2.36. The van der Waals surface area contributed by atoms with Crippen molar-refractivity contribution in [2.24, 2.45) is 15.7 Å². The number of carbonyl (C=O) groups excluding carboxylic acids is 3. The number of nitrogens with two attached hydrogens (primary N) is 1. The molecule has 0 radical (unpaired) electrons. The van der Waals surface area contributed by atoms with Crippen LogP contribution in [-0.2, 0) is 52.7 Å². The van der Waals surface area contributed by atoms with E-state index in [1.165, 1.54) is 12.1 Å². The Balaban J connectivity index is 0.000000347. The number of carboxylic acids is 1. The third kappa shape index (κ3) is 45.3.